The number of H-pyrrole nitrogens is 2. The van der Waals surface area contributed by atoms with Crippen LogP contribution in [0.25, 0.3) is 0 Å². The lowest BCUT2D eigenvalue weighted by Crippen LogP contribution is -2.51. The summed E-state index contributed by atoms with van der Waals surface area (Å²) < 4.78 is 5.48. The van der Waals surface area contributed by atoms with Crippen molar-refractivity contribution < 1.29 is 19.1 Å². The number of amides is 3. The Morgan fingerprint density at radius 1 is 0.920 bits per heavy atom. The molecule has 2 aromatic heterocycles. The van der Waals surface area contributed by atoms with Gasteiger partial charge >= 0.3 is 6.09 Å². The van der Waals surface area contributed by atoms with Gasteiger partial charge in [0.1, 0.15) is 32.8 Å². The molecule has 4 heterocycles. The fourth-order valence-electron chi connectivity index (χ4n) is 6.56. The predicted molar refractivity (Wildman–Crippen MR) is 198 cm³/mol. The molecule has 0 spiro atoms. The molecule has 0 aliphatic carbocycles. The molecule has 12 heteroatoms. The van der Waals surface area contributed by atoms with Crippen LogP contribution in [0.3, 0.4) is 0 Å². The lowest BCUT2D eigenvalue weighted by Gasteiger charge is -2.30. The summed E-state index contributed by atoms with van der Waals surface area (Å²) in [6.45, 7) is 13.5. The van der Waals surface area contributed by atoms with Gasteiger partial charge in [-0.15, -0.1) is 0 Å². The number of rotatable bonds is 7. The van der Waals surface area contributed by atoms with Gasteiger partial charge in [-0.25, -0.2) is 14.8 Å². The van der Waals surface area contributed by atoms with Crippen LogP contribution in [-0.4, -0.2) is 73.9 Å². The van der Waals surface area contributed by atoms with Crippen LogP contribution in [-0.2, 0) is 14.3 Å². The molecule has 2 aliphatic heterocycles. The van der Waals surface area contributed by atoms with E-state index in [1.54, 1.807) is 11.1 Å². The number of methoxy groups -OCH3 is 1. The van der Waals surface area contributed by atoms with E-state index in [1.807, 2.05) is 43.0 Å². The van der Waals surface area contributed by atoms with Crippen molar-refractivity contribution in [2.45, 2.75) is 78.9 Å². The maximum absolute atomic E-state index is 13.6. The molecule has 2 saturated heterocycles. The van der Waals surface area contributed by atoms with Crippen LogP contribution >= 0.6 is 22.6 Å². The first-order valence-corrected chi connectivity index (χ1v) is 18.3. The molecule has 11 nitrogen and oxygen atoms in total. The second-order valence-electron chi connectivity index (χ2n) is 14.3. The number of carbonyl (C=O) groups is 3. The number of nitrogens with one attached hydrogen (secondary N) is 3. The average Bonchev–Trinajstić information content (AvgIpc) is 3.87. The zero-order valence-electron chi connectivity index (χ0n) is 29.8. The van der Waals surface area contributed by atoms with Crippen molar-refractivity contribution in [2.24, 2.45) is 23.7 Å². The fourth-order valence-corrected chi connectivity index (χ4v) is 7.09. The third-order valence-corrected chi connectivity index (χ3v) is 9.84. The van der Waals surface area contributed by atoms with Crippen molar-refractivity contribution in [1.82, 2.24) is 35.1 Å². The van der Waals surface area contributed by atoms with E-state index in [1.165, 1.54) is 7.11 Å². The number of hydrogen-bond donors (Lipinski definition) is 3. The van der Waals surface area contributed by atoms with Crippen LogP contribution in [0.15, 0.2) is 30.5 Å². The molecular weight excluding hydrogens is 745 g/mol. The van der Waals surface area contributed by atoms with Crippen molar-refractivity contribution in [1.29, 1.82) is 0 Å². The number of hydrogen-bond acceptors (Lipinski definition) is 6. The number of aromatic amines is 2. The number of nitrogens with zero attached hydrogens (tertiary/aromatic N) is 4. The summed E-state index contributed by atoms with van der Waals surface area (Å²) in [7, 11) is 1.29. The van der Waals surface area contributed by atoms with E-state index in [4.69, 9.17) is 9.72 Å². The number of aromatic nitrogens is 4. The number of imidazole rings is 2. The largest absolute Gasteiger partial charge is 0.453 e. The van der Waals surface area contributed by atoms with E-state index < -0.39 is 12.1 Å². The van der Waals surface area contributed by atoms with Gasteiger partial charge in [0.2, 0.25) is 11.8 Å². The molecule has 50 heavy (non-hydrogen) atoms. The third kappa shape index (κ3) is 8.88. The first-order chi connectivity index (χ1) is 23.8. The number of likely N-dealkylation sites (tertiary alicyclic amines) is 2. The van der Waals surface area contributed by atoms with Crippen LogP contribution in [0.2, 0.25) is 0 Å². The molecule has 0 bridgehead atoms. The maximum atomic E-state index is 13.6. The molecule has 1 unspecified atom stereocenters. The fraction of sp³-hybridized carbons (Fsp3) is 0.500. The Labute approximate surface area is 308 Å². The monoisotopic (exact) mass is 791 g/mol. The highest BCUT2D eigenvalue weighted by molar-refractivity contribution is 14.1. The minimum atomic E-state index is -0.702. The van der Waals surface area contributed by atoms with Gasteiger partial charge in [0.05, 0.1) is 25.4 Å². The third-order valence-electron chi connectivity index (χ3n) is 9.06. The molecule has 3 aromatic rings. The van der Waals surface area contributed by atoms with E-state index in [9.17, 15) is 14.4 Å². The van der Waals surface area contributed by atoms with Gasteiger partial charge in [0.15, 0.2) is 0 Å². The summed E-state index contributed by atoms with van der Waals surface area (Å²) >= 11 is 2.16. The Morgan fingerprint density at radius 3 is 2.12 bits per heavy atom. The topological polar surface area (TPSA) is 136 Å². The molecule has 0 radical (unpaired) electrons. The van der Waals surface area contributed by atoms with Crippen LogP contribution in [0.5, 0.6) is 0 Å². The standard InChI is InChI=1S/C38H46IN7O4/c1-22(2)16-32(47)45-20-24(5)17-30(45)35-40-19-28(41-35)14-12-26-8-10-27(11-9-26)13-15-29-34(39)44-36(42-29)31-18-25(6)21-46(31)37(48)33(23(3)4)43-38(49)50-7/h8-11,19,22-25,30-31,33H,16-18,20-21H2,1-7H3,(H,40,41)(H,42,44)(H,43,49)/t24-,25?,30-,31-,33-/m0/s1. The molecular formula is C38H46IN7O4. The number of benzene rings is 1. The Bertz CT molecular complexity index is 1820. The second-order valence-corrected chi connectivity index (χ2v) is 15.3. The molecule has 2 fully saturated rings. The highest BCUT2D eigenvalue weighted by atomic mass is 127. The zero-order chi connectivity index (χ0) is 36.1. The highest BCUT2D eigenvalue weighted by Gasteiger charge is 2.40. The maximum Gasteiger partial charge on any atom is 0.407 e. The van der Waals surface area contributed by atoms with E-state index in [2.05, 4.69) is 94.2 Å². The smallest absolute Gasteiger partial charge is 0.407 e. The number of alkyl carbamates (subject to hydrolysis) is 1. The molecule has 2 aliphatic rings. The van der Waals surface area contributed by atoms with Crippen LogP contribution in [0.1, 0.15) is 107 Å². The quantitative estimate of drug-likeness (QED) is 0.205. The molecule has 5 atom stereocenters. The summed E-state index contributed by atoms with van der Waals surface area (Å²) in [6, 6.07) is 6.72. The Hall–Kier alpha value is -4.30. The van der Waals surface area contributed by atoms with Crippen molar-refractivity contribution in [3.8, 4) is 23.7 Å². The van der Waals surface area contributed by atoms with Crippen molar-refractivity contribution in [3.63, 3.8) is 0 Å². The molecule has 3 amide bonds. The van der Waals surface area contributed by atoms with Gasteiger partial charge in [-0.2, -0.15) is 0 Å². The molecule has 3 N–H and O–H groups in total. The second kappa shape index (κ2) is 16.2. The van der Waals surface area contributed by atoms with Gasteiger partial charge in [-0.1, -0.05) is 53.4 Å². The Balaban J connectivity index is 1.25. The Morgan fingerprint density at radius 2 is 1.52 bits per heavy atom. The molecule has 5 rings (SSSR count). The highest BCUT2D eigenvalue weighted by Crippen LogP contribution is 2.36. The lowest BCUT2D eigenvalue weighted by molar-refractivity contribution is -0.135. The summed E-state index contributed by atoms with van der Waals surface area (Å²) in [5.41, 5.74) is 3.06. The van der Waals surface area contributed by atoms with Gasteiger partial charge in [-0.05, 0) is 95.2 Å². The normalized spacial score (nSPS) is 20.7. The SMILES string of the molecule is COC(=O)N[C@H](C(=O)N1CC(C)C[C@H]1c1nc(I)c(C#Cc2ccc(C#Cc3cnc([C@@H]4C[C@H](C)CN4C(=O)CC(C)C)[nH]3)cc2)[nH]1)C(C)C. The first kappa shape index (κ1) is 37.0. The summed E-state index contributed by atoms with van der Waals surface area (Å²) in [4.78, 5) is 58.2. The van der Waals surface area contributed by atoms with Crippen molar-refractivity contribution >= 4 is 40.5 Å². The summed E-state index contributed by atoms with van der Waals surface area (Å²) in [5, 5.41) is 2.70. The number of ether oxygens (including phenoxy) is 1. The van der Waals surface area contributed by atoms with Gasteiger partial charge in [0, 0.05) is 30.6 Å². The van der Waals surface area contributed by atoms with Crippen LogP contribution in [0.4, 0.5) is 4.79 Å². The Kier molecular flexibility index (Phi) is 11.9. The van der Waals surface area contributed by atoms with Gasteiger partial charge < -0.3 is 29.8 Å². The first-order valence-electron chi connectivity index (χ1n) is 17.2. The van der Waals surface area contributed by atoms with Crippen molar-refractivity contribution in [3.05, 3.63) is 68.3 Å². The molecule has 1 aromatic carbocycles. The van der Waals surface area contributed by atoms with Crippen LogP contribution in [0, 0.1) is 51.1 Å². The summed E-state index contributed by atoms with van der Waals surface area (Å²) in [6.07, 6.45) is 3.29. The van der Waals surface area contributed by atoms with Gasteiger partial charge in [0.25, 0.3) is 0 Å². The minimum Gasteiger partial charge on any atom is -0.453 e. The van der Waals surface area contributed by atoms with Crippen molar-refractivity contribution in [2.75, 3.05) is 20.2 Å². The molecule has 0 saturated carbocycles. The summed E-state index contributed by atoms with van der Waals surface area (Å²) in [5.74, 6) is 15.2. The number of halogens is 1. The van der Waals surface area contributed by atoms with E-state index in [-0.39, 0.29) is 35.7 Å². The minimum absolute atomic E-state index is 0.0469. The average molecular weight is 792 g/mol. The van der Waals surface area contributed by atoms with Gasteiger partial charge in [-0.3, -0.25) is 9.59 Å². The predicted octanol–water partition coefficient (Wildman–Crippen LogP) is 5.78. The molecule has 264 valence electrons. The number of carbonyl (C=O) groups excluding carboxylic acids is 3. The lowest BCUT2D eigenvalue weighted by atomic mass is 10.0. The zero-order valence-corrected chi connectivity index (χ0v) is 31.9. The van der Waals surface area contributed by atoms with Crippen LogP contribution < -0.4 is 5.32 Å². The van der Waals surface area contributed by atoms with E-state index in [0.29, 0.717) is 42.0 Å². The van der Waals surface area contributed by atoms with E-state index in [0.717, 1.165) is 40.0 Å². The van der Waals surface area contributed by atoms with E-state index >= 15 is 0 Å².